The Labute approximate surface area is 181 Å². The van der Waals surface area contributed by atoms with E-state index in [1.165, 1.54) is 0 Å². The molecule has 0 saturated heterocycles. The molecule has 162 valence electrons. The van der Waals surface area contributed by atoms with E-state index in [-0.39, 0.29) is 12.5 Å². The number of imidazole rings is 1. The molecule has 4 rings (SSSR count). The van der Waals surface area contributed by atoms with Crippen LogP contribution < -0.4 is 4.90 Å². The van der Waals surface area contributed by atoms with Crippen molar-refractivity contribution in [2.75, 3.05) is 31.8 Å². The number of benzene rings is 2. The van der Waals surface area contributed by atoms with E-state index in [9.17, 15) is 9.59 Å². The van der Waals surface area contributed by atoms with Gasteiger partial charge in [-0.1, -0.05) is 42.0 Å². The molecule has 0 radical (unpaired) electrons. The number of amides is 1. The highest BCUT2D eigenvalue weighted by atomic mass is 16.5. The van der Waals surface area contributed by atoms with E-state index in [1.54, 1.807) is 18.9 Å². The molecule has 0 aliphatic carbocycles. The summed E-state index contributed by atoms with van der Waals surface area (Å²) in [4.78, 5) is 33.1. The molecule has 1 aliphatic rings. The van der Waals surface area contributed by atoms with E-state index >= 15 is 0 Å². The summed E-state index contributed by atoms with van der Waals surface area (Å²) in [6, 6.07) is 15.1. The van der Waals surface area contributed by atoms with Crippen LogP contribution in [0.4, 0.5) is 5.95 Å². The van der Waals surface area contributed by atoms with E-state index in [4.69, 9.17) is 14.5 Å². The third-order valence-electron chi connectivity index (χ3n) is 5.60. The molecule has 31 heavy (non-hydrogen) atoms. The molecule has 0 fully saturated rings. The lowest BCUT2D eigenvalue weighted by atomic mass is 9.88. The Bertz CT molecular complexity index is 1110. The van der Waals surface area contributed by atoms with Gasteiger partial charge in [-0.3, -0.25) is 14.5 Å². The number of esters is 1. The second-order valence-electron chi connectivity index (χ2n) is 7.70. The minimum atomic E-state index is -0.991. The number of aromatic nitrogens is 2. The maximum atomic E-state index is 13.7. The molecule has 0 bridgehead atoms. The molecular weight excluding hydrogens is 394 g/mol. The summed E-state index contributed by atoms with van der Waals surface area (Å²) in [7, 11) is 1.63. The van der Waals surface area contributed by atoms with Crippen molar-refractivity contribution in [3.8, 4) is 0 Å². The van der Waals surface area contributed by atoms with E-state index in [0.717, 1.165) is 22.2 Å². The summed E-state index contributed by atoms with van der Waals surface area (Å²) in [5.74, 6) is -1.24. The van der Waals surface area contributed by atoms with Gasteiger partial charge < -0.3 is 14.0 Å². The molecule has 7 heteroatoms. The zero-order valence-electron chi connectivity index (χ0n) is 18.1. The van der Waals surface area contributed by atoms with Crippen LogP contribution in [0.25, 0.3) is 11.0 Å². The van der Waals surface area contributed by atoms with Crippen LogP contribution in [0.3, 0.4) is 0 Å². The molecule has 1 aliphatic heterocycles. The van der Waals surface area contributed by atoms with Gasteiger partial charge in [0.05, 0.1) is 23.7 Å². The molecular formula is C24H27N3O4. The summed E-state index contributed by atoms with van der Waals surface area (Å²) >= 11 is 0. The molecule has 2 heterocycles. The zero-order chi connectivity index (χ0) is 22.0. The predicted molar refractivity (Wildman–Crippen MR) is 118 cm³/mol. The lowest BCUT2D eigenvalue weighted by Gasteiger charge is -2.38. The summed E-state index contributed by atoms with van der Waals surface area (Å²) in [6.45, 7) is 4.88. The number of rotatable bonds is 7. The number of para-hydroxylation sites is 2. The number of carbonyl (C=O) groups is 2. The predicted octanol–water partition coefficient (Wildman–Crippen LogP) is 3.50. The van der Waals surface area contributed by atoms with Crippen molar-refractivity contribution in [2.45, 2.75) is 26.3 Å². The number of nitrogens with zero attached hydrogens (tertiary/aromatic N) is 3. The van der Waals surface area contributed by atoms with E-state index in [1.807, 2.05) is 60.0 Å². The quantitative estimate of drug-likeness (QED) is 0.332. The highest BCUT2D eigenvalue weighted by molar-refractivity contribution is 6.08. The van der Waals surface area contributed by atoms with Crippen LogP contribution in [-0.4, -0.2) is 48.3 Å². The zero-order valence-corrected chi connectivity index (χ0v) is 18.1. The summed E-state index contributed by atoms with van der Waals surface area (Å²) in [5, 5.41) is 0. The van der Waals surface area contributed by atoms with Gasteiger partial charge in [0.15, 0.2) is 5.92 Å². The Kier molecular flexibility index (Phi) is 6.04. The topological polar surface area (TPSA) is 73.7 Å². The first-order valence-corrected chi connectivity index (χ1v) is 10.6. The maximum Gasteiger partial charge on any atom is 0.321 e. The van der Waals surface area contributed by atoms with Crippen molar-refractivity contribution in [3.05, 3.63) is 59.7 Å². The number of hydrogen-bond donors (Lipinski definition) is 0. The molecule has 2 atom stereocenters. The minimum Gasteiger partial charge on any atom is -0.465 e. The third kappa shape index (κ3) is 3.81. The number of ether oxygens (including phenoxy) is 2. The molecule has 0 saturated carbocycles. The standard InChI is InChI=1S/C24H27N3O4/c1-4-31-23(29)20-21(17-10-7-9-16(2)15-17)27-19-12-6-5-11-18(19)25-24(27)26(22(20)28)13-8-14-30-3/h5-7,9-12,15,20-21H,4,8,13-14H2,1-3H3/t20-,21+/m1/s1. The first-order chi connectivity index (χ1) is 15.1. The van der Waals surface area contributed by atoms with Crippen LogP contribution in [0.15, 0.2) is 48.5 Å². The van der Waals surface area contributed by atoms with Crippen LogP contribution in [0.5, 0.6) is 0 Å². The second-order valence-corrected chi connectivity index (χ2v) is 7.70. The van der Waals surface area contributed by atoms with Crippen molar-refractivity contribution in [1.29, 1.82) is 0 Å². The fraction of sp³-hybridized carbons (Fsp3) is 0.375. The largest absolute Gasteiger partial charge is 0.465 e. The van der Waals surface area contributed by atoms with Crippen molar-refractivity contribution in [2.24, 2.45) is 5.92 Å². The van der Waals surface area contributed by atoms with E-state index in [0.29, 0.717) is 25.5 Å². The van der Waals surface area contributed by atoms with Crippen LogP contribution in [0.2, 0.25) is 0 Å². The van der Waals surface area contributed by atoms with Crippen molar-refractivity contribution < 1.29 is 19.1 Å². The molecule has 0 unspecified atom stereocenters. The summed E-state index contributed by atoms with van der Waals surface area (Å²) in [6.07, 6.45) is 0.635. The highest BCUT2D eigenvalue weighted by Crippen LogP contribution is 2.41. The molecule has 0 N–H and O–H groups in total. The average Bonchev–Trinajstić information content (AvgIpc) is 3.14. The summed E-state index contributed by atoms with van der Waals surface area (Å²) < 4.78 is 12.6. The van der Waals surface area contributed by atoms with Crippen LogP contribution in [0, 0.1) is 12.8 Å². The molecule has 2 aromatic carbocycles. The van der Waals surface area contributed by atoms with Gasteiger partial charge in [0.2, 0.25) is 11.9 Å². The summed E-state index contributed by atoms with van der Waals surface area (Å²) in [5.41, 5.74) is 3.60. The van der Waals surface area contributed by atoms with Crippen LogP contribution >= 0.6 is 0 Å². The van der Waals surface area contributed by atoms with Gasteiger partial charge in [-0.2, -0.15) is 0 Å². The molecule has 1 amide bonds. The number of hydrogen-bond acceptors (Lipinski definition) is 5. The SMILES string of the molecule is CCOC(=O)[C@H]1C(=O)N(CCCOC)c2nc3ccccc3n2[C@H]1c1cccc(C)c1. The highest BCUT2D eigenvalue weighted by Gasteiger charge is 2.47. The normalized spacial score (nSPS) is 18.3. The number of methoxy groups -OCH3 is 1. The Morgan fingerprint density at radius 2 is 1.97 bits per heavy atom. The van der Waals surface area contributed by atoms with Gasteiger partial charge in [-0.15, -0.1) is 0 Å². The smallest absolute Gasteiger partial charge is 0.321 e. The molecule has 3 aromatic rings. The Balaban J connectivity index is 1.94. The fourth-order valence-corrected chi connectivity index (χ4v) is 4.28. The first-order valence-electron chi connectivity index (χ1n) is 10.6. The van der Waals surface area contributed by atoms with Gasteiger partial charge in [0.1, 0.15) is 0 Å². The van der Waals surface area contributed by atoms with Crippen molar-refractivity contribution in [3.63, 3.8) is 0 Å². The van der Waals surface area contributed by atoms with Crippen molar-refractivity contribution >= 4 is 28.9 Å². The van der Waals surface area contributed by atoms with Crippen molar-refractivity contribution in [1.82, 2.24) is 9.55 Å². The fourth-order valence-electron chi connectivity index (χ4n) is 4.28. The van der Waals surface area contributed by atoms with Crippen LogP contribution in [0.1, 0.15) is 30.5 Å². The van der Waals surface area contributed by atoms with E-state index in [2.05, 4.69) is 0 Å². The Morgan fingerprint density at radius 1 is 1.16 bits per heavy atom. The lowest BCUT2D eigenvalue weighted by Crippen LogP contribution is -2.50. The number of fused-ring (bicyclic) bond motifs is 3. The van der Waals surface area contributed by atoms with Gasteiger partial charge in [-0.25, -0.2) is 4.98 Å². The molecule has 7 nitrogen and oxygen atoms in total. The average molecular weight is 421 g/mol. The third-order valence-corrected chi connectivity index (χ3v) is 5.60. The maximum absolute atomic E-state index is 13.7. The van der Waals surface area contributed by atoms with Gasteiger partial charge in [0, 0.05) is 20.3 Å². The monoisotopic (exact) mass is 421 g/mol. The number of aryl methyl sites for hydroxylation is 1. The van der Waals surface area contributed by atoms with Gasteiger partial charge in [-0.05, 0) is 38.0 Å². The van der Waals surface area contributed by atoms with Crippen LogP contribution in [-0.2, 0) is 19.1 Å². The minimum absolute atomic E-state index is 0.213. The van der Waals surface area contributed by atoms with Gasteiger partial charge in [0.25, 0.3) is 0 Å². The number of carbonyl (C=O) groups excluding carboxylic acids is 2. The second kappa shape index (κ2) is 8.89. The molecule has 1 aromatic heterocycles. The lowest BCUT2D eigenvalue weighted by molar-refractivity contribution is -0.153. The molecule has 0 spiro atoms. The Morgan fingerprint density at radius 3 is 2.71 bits per heavy atom. The number of anilines is 1. The Hall–Kier alpha value is -3.19. The first kappa shape index (κ1) is 21.1. The van der Waals surface area contributed by atoms with Gasteiger partial charge >= 0.3 is 5.97 Å². The van der Waals surface area contributed by atoms with E-state index < -0.39 is 17.9 Å².